The SMILES string of the molecule is CC1CC1C(N)CCC(F)(F)F. The van der Waals surface area contributed by atoms with Gasteiger partial charge in [-0.1, -0.05) is 6.92 Å². The summed E-state index contributed by atoms with van der Waals surface area (Å²) >= 11 is 0. The summed E-state index contributed by atoms with van der Waals surface area (Å²) in [5, 5.41) is 0. The van der Waals surface area contributed by atoms with Crippen molar-refractivity contribution in [2.45, 2.75) is 38.4 Å². The van der Waals surface area contributed by atoms with Crippen molar-refractivity contribution in [3.63, 3.8) is 0 Å². The van der Waals surface area contributed by atoms with Crippen LogP contribution in [0.2, 0.25) is 0 Å². The Morgan fingerprint density at radius 1 is 1.50 bits per heavy atom. The molecular formula is C8H14F3N. The number of rotatable bonds is 3. The highest BCUT2D eigenvalue weighted by atomic mass is 19.4. The zero-order chi connectivity index (χ0) is 9.35. The van der Waals surface area contributed by atoms with Gasteiger partial charge in [-0.3, -0.25) is 0 Å². The van der Waals surface area contributed by atoms with Crippen molar-refractivity contribution in [1.82, 2.24) is 0 Å². The molecule has 72 valence electrons. The Hall–Kier alpha value is -0.250. The van der Waals surface area contributed by atoms with Crippen molar-refractivity contribution in [1.29, 1.82) is 0 Å². The van der Waals surface area contributed by atoms with Crippen molar-refractivity contribution in [3.05, 3.63) is 0 Å². The molecule has 0 spiro atoms. The van der Waals surface area contributed by atoms with Crippen molar-refractivity contribution >= 4 is 0 Å². The van der Waals surface area contributed by atoms with E-state index in [-0.39, 0.29) is 12.5 Å². The lowest BCUT2D eigenvalue weighted by Crippen LogP contribution is -2.25. The summed E-state index contributed by atoms with van der Waals surface area (Å²) in [5.41, 5.74) is 5.58. The lowest BCUT2D eigenvalue weighted by molar-refractivity contribution is -0.136. The van der Waals surface area contributed by atoms with E-state index in [1.807, 2.05) is 6.92 Å². The predicted octanol–water partition coefficient (Wildman–Crippen LogP) is 2.31. The minimum absolute atomic E-state index is 0.0819. The first-order valence-corrected chi connectivity index (χ1v) is 4.22. The van der Waals surface area contributed by atoms with Crippen molar-refractivity contribution in [2.75, 3.05) is 0 Å². The van der Waals surface area contributed by atoms with E-state index in [0.29, 0.717) is 11.8 Å². The molecule has 0 aliphatic heterocycles. The maximum Gasteiger partial charge on any atom is 0.389 e. The zero-order valence-electron chi connectivity index (χ0n) is 7.06. The van der Waals surface area contributed by atoms with Crippen LogP contribution < -0.4 is 5.73 Å². The molecule has 0 aromatic rings. The lowest BCUT2D eigenvalue weighted by atomic mass is 10.1. The van der Waals surface area contributed by atoms with Crippen LogP contribution in [0, 0.1) is 11.8 Å². The van der Waals surface area contributed by atoms with Gasteiger partial charge in [-0.05, 0) is 24.7 Å². The van der Waals surface area contributed by atoms with Crippen LogP contribution in [-0.4, -0.2) is 12.2 Å². The van der Waals surface area contributed by atoms with E-state index >= 15 is 0 Å². The third-order valence-electron chi connectivity index (χ3n) is 2.48. The van der Waals surface area contributed by atoms with E-state index in [1.165, 1.54) is 0 Å². The summed E-state index contributed by atoms with van der Waals surface area (Å²) in [6, 6.07) is -0.248. The summed E-state index contributed by atoms with van der Waals surface area (Å²) in [7, 11) is 0. The monoisotopic (exact) mass is 181 g/mol. The molecule has 1 nitrogen and oxygen atoms in total. The minimum Gasteiger partial charge on any atom is -0.327 e. The first-order chi connectivity index (χ1) is 5.40. The molecule has 1 fully saturated rings. The number of nitrogens with two attached hydrogens (primary N) is 1. The predicted molar refractivity (Wildman–Crippen MR) is 40.5 cm³/mol. The smallest absolute Gasteiger partial charge is 0.327 e. The van der Waals surface area contributed by atoms with E-state index in [0.717, 1.165) is 6.42 Å². The van der Waals surface area contributed by atoms with Crippen LogP contribution in [0.5, 0.6) is 0 Å². The fourth-order valence-electron chi connectivity index (χ4n) is 1.49. The highest BCUT2D eigenvalue weighted by Gasteiger charge is 2.39. The summed E-state index contributed by atoms with van der Waals surface area (Å²) in [4.78, 5) is 0. The maximum atomic E-state index is 11.7. The number of hydrogen-bond donors (Lipinski definition) is 1. The van der Waals surface area contributed by atoms with Crippen LogP contribution in [0.4, 0.5) is 13.2 Å². The van der Waals surface area contributed by atoms with E-state index in [4.69, 9.17) is 5.73 Å². The van der Waals surface area contributed by atoms with Crippen LogP contribution >= 0.6 is 0 Å². The van der Waals surface area contributed by atoms with Crippen LogP contribution in [0.25, 0.3) is 0 Å². The first-order valence-electron chi connectivity index (χ1n) is 4.22. The molecule has 0 saturated heterocycles. The molecule has 0 radical (unpaired) electrons. The zero-order valence-corrected chi connectivity index (χ0v) is 7.06. The molecule has 3 unspecified atom stereocenters. The quantitative estimate of drug-likeness (QED) is 0.710. The van der Waals surface area contributed by atoms with Gasteiger partial charge < -0.3 is 5.73 Å². The highest BCUT2D eigenvalue weighted by Crippen LogP contribution is 2.41. The second-order valence-electron chi connectivity index (χ2n) is 3.69. The Morgan fingerprint density at radius 3 is 2.33 bits per heavy atom. The van der Waals surface area contributed by atoms with Gasteiger partial charge in [0.1, 0.15) is 0 Å². The first kappa shape index (κ1) is 9.84. The Balaban J connectivity index is 2.15. The van der Waals surface area contributed by atoms with E-state index in [9.17, 15) is 13.2 Å². The molecule has 1 aliphatic carbocycles. The van der Waals surface area contributed by atoms with Gasteiger partial charge in [0.25, 0.3) is 0 Å². The number of hydrogen-bond acceptors (Lipinski definition) is 1. The second kappa shape index (κ2) is 3.24. The fraction of sp³-hybridized carbons (Fsp3) is 1.00. The van der Waals surface area contributed by atoms with E-state index in [2.05, 4.69) is 0 Å². The summed E-state index contributed by atoms with van der Waals surface area (Å²) in [6.45, 7) is 2.03. The second-order valence-corrected chi connectivity index (χ2v) is 3.69. The van der Waals surface area contributed by atoms with E-state index < -0.39 is 12.6 Å². The molecule has 1 aliphatic rings. The van der Waals surface area contributed by atoms with Crippen LogP contribution in [0.15, 0.2) is 0 Å². The van der Waals surface area contributed by atoms with Gasteiger partial charge in [0, 0.05) is 12.5 Å². The topological polar surface area (TPSA) is 26.0 Å². The lowest BCUT2D eigenvalue weighted by Gasteiger charge is -2.12. The van der Waals surface area contributed by atoms with Gasteiger partial charge in [-0.25, -0.2) is 0 Å². The average Bonchev–Trinajstić information content (AvgIpc) is 2.60. The summed E-state index contributed by atoms with van der Waals surface area (Å²) < 4.78 is 35.2. The molecule has 0 bridgehead atoms. The van der Waals surface area contributed by atoms with E-state index in [1.54, 1.807) is 0 Å². The minimum atomic E-state index is -4.05. The molecule has 0 aromatic heterocycles. The largest absolute Gasteiger partial charge is 0.389 e. The number of halogens is 3. The summed E-state index contributed by atoms with van der Waals surface area (Å²) in [6.07, 6.45) is -3.70. The molecule has 1 rings (SSSR count). The van der Waals surface area contributed by atoms with Crippen molar-refractivity contribution < 1.29 is 13.2 Å². The van der Waals surface area contributed by atoms with Gasteiger partial charge in [0.2, 0.25) is 0 Å². The molecule has 1 saturated carbocycles. The number of alkyl halides is 3. The Labute approximate surface area is 70.1 Å². The average molecular weight is 181 g/mol. The third-order valence-corrected chi connectivity index (χ3v) is 2.48. The highest BCUT2D eigenvalue weighted by molar-refractivity contribution is 4.90. The van der Waals surface area contributed by atoms with Crippen LogP contribution in [0.1, 0.15) is 26.2 Å². The molecule has 0 heterocycles. The van der Waals surface area contributed by atoms with Gasteiger partial charge in [0.15, 0.2) is 0 Å². The Morgan fingerprint density at radius 2 is 2.00 bits per heavy atom. The third kappa shape index (κ3) is 3.01. The van der Waals surface area contributed by atoms with Crippen molar-refractivity contribution in [3.8, 4) is 0 Å². The molecule has 12 heavy (non-hydrogen) atoms. The standard InChI is InChI=1S/C8H14F3N/c1-5-4-6(5)7(12)2-3-8(9,10)11/h5-7H,2-4,12H2,1H3. The van der Waals surface area contributed by atoms with Crippen molar-refractivity contribution in [2.24, 2.45) is 17.6 Å². The fourth-order valence-corrected chi connectivity index (χ4v) is 1.49. The van der Waals surface area contributed by atoms with Gasteiger partial charge in [0.05, 0.1) is 0 Å². The Bertz CT molecular complexity index is 155. The Kier molecular flexibility index (Phi) is 2.66. The van der Waals surface area contributed by atoms with Gasteiger partial charge >= 0.3 is 6.18 Å². The van der Waals surface area contributed by atoms with Gasteiger partial charge in [-0.15, -0.1) is 0 Å². The normalized spacial score (nSPS) is 31.8. The van der Waals surface area contributed by atoms with Crippen LogP contribution in [-0.2, 0) is 0 Å². The molecule has 2 N–H and O–H groups in total. The molecule has 0 aromatic carbocycles. The molecular weight excluding hydrogens is 167 g/mol. The summed E-state index contributed by atoms with van der Waals surface area (Å²) in [5.74, 6) is 0.876. The molecule has 4 heteroatoms. The molecule has 3 atom stereocenters. The van der Waals surface area contributed by atoms with Crippen LogP contribution in [0.3, 0.4) is 0 Å². The molecule has 0 amide bonds. The van der Waals surface area contributed by atoms with Gasteiger partial charge in [-0.2, -0.15) is 13.2 Å². The maximum absolute atomic E-state index is 11.7.